The van der Waals surface area contributed by atoms with Crippen molar-refractivity contribution < 1.29 is 28.0 Å². The second-order valence-electron chi connectivity index (χ2n) is 10.6. The van der Waals surface area contributed by atoms with Gasteiger partial charge in [0.15, 0.2) is 0 Å². The van der Waals surface area contributed by atoms with Gasteiger partial charge in [-0.05, 0) is 29.5 Å². The van der Waals surface area contributed by atoms with Crippen LogP contribution in [0.15, 0.2) is 48.5 Å². The zero-order chi connectivity index (χ0) is 28.0. The third-order valence-corrected chi connectivity index (χ3v) is 6.06. The summed E-state index contributed by atoms with van der Waals surface area (Å²) >= 11 is 0. The number of rotatable bonds is 8. The van der Waals surface area contributed by atoms with Crippen molar-refractivity contribution in [1.29, 1.82) is 0 Å². The van der Waals surface area contributed by atoms with Crippen LogP contribution in [0, 0.1) is 17.0 Å². The maximum Gasteiger partial charge on any atom is 0.319 e. The first kappa shape index (κ1) is 28.5. The van der Waals surface area contributed by atoms with Crippen molar-refractivity contribution in [2.45, 2.75) is 58.2 Å². The number of benzene rings is 2. The van der Waals surface area contributed by atoms with Crippen molar-refractivity contribution in [2.75, 3.05) is 11.9 Å². The number of nitrogens with one attached hydrogen (secondary N) is 3. The number of hydrogen-bond acceptors (Lipinski definition) is 4. The van der Waals surface area contributed by atoms with E-state index in [2.05, 4.69) is 16.0 Å². The number of nitrogens with zero attached hydrogens (tertiary/aromatic N) is 1. The smallest absolute Gasteiger partial charge is 0.319 e. The summed E-state index contributed by atoms with van der Waals surface area (Å²) in [7, 11) is 0. The highest BCUT2D eigenvalue weighted by atomic mass is 19.1. The monoisotopic (exact) mass is 529 g/mol. The lowest BCUT2D eigenvalue weighted by molar-refractivity contribution is -0.140. The van der Waals surface area contributed by atoms with E-state index < -0.39 is 47.6 Å². The average Bonchev–Trinajstić information content (AvgIpc) is 3.24. The van der Waals surface area contributed by atoms with Gasteiger partial charge in [-0.25, -0.2) is 13.6 Å². The van der Waals surface area contributed by atoms with Crippen molar-refractivity contribution in [3.8, 4) is 0 Å². The lowest BCUT2D eigenvalue weighted by atomic mass is 9.91. The van der Waals surface area contributed by atoms with Crippen LogP contribution in [0.1, 0.15) is 39.2 Å². The number of nitrogens with two attached hydrogens (primary N) is 1. The zero-order valence-electron chi connectivity index (χ0n) is 21.6. The molecule has 1 heterocycles. The van der Waals surface area contributed by atoms with Gasteiger partial charge >= 0.3 is 6.03 Å². The third kappa shape index (κ3) is 7.99. The maximum absolute atomic E-state index is 13.9. The molecule has 1 aliphatic heterocycles. The van der Waals surface area contributed by atoms with Crippen LogP contribution < -0.4 is 21.7 Å². The molecule has 5 N–H and O–H groups in total. The van der Waals surface area contributed by atoms with E-state index >= 15 is 0 Å². The van der Waals surface area contributed by atoms with Gasteiger partial charge in [-0.15, -0.1) is 0 Å². The minimum atomic E-state index is -0.999. The predicted molar refractivity (Wildman–Crippen MR) is 138 cm³/mol. The third-order valence-electron chi connectivity index (χ3n) is 6.06. The van der Waals surface area contributed by atoms with Crippen molar-refractivity contribution in [3.63, 3.8) is 0 Å². The molecule has 0 bridgehead atoms. The van der Waals surface area contributed by atoms with Crippen LogP contribution in [0.4, 0.5) is 19.3 Å². The molecule has 0 saturated carbocycles. The Morgan fingerprint density at radius 3 is 2.37 bits per heavy atom. The lowest BCUT2D eigenvalue weighted by Crippen LogP contribution is -2.53. The Kier molecular flexibility index (Phi) is 9.03. The summed E-state index contributed by atoms with van der Waals surface area (Å²) in [5.41, 5.74) is 5.77. The van der Waals surface area contributed by atoms with E-state index in [0.717, 1.165) is 17.7 Å². The van der Waals surface area contributed by atoms with Gasteiger partial charge in [0.2, 0.25) is 17.7 Å². The van der Waals surface area contributed by atoms with Gasteiger partial charge in [0.05, 0.1) is 11.7 Å². The number of likely N-dealkylation sites (tertiary alicyclic amines) is 1. The molecule has 3 atom stereocenters. The minimum Gasteiger partial charge on any atom is -0.368 e. The zero-order valence-corrected chi connectivity index (χ0v) is 21.6. The molecule has 1 saturated heterocycles. The fourth-order valence-electron chi connectivity index (χ4n) is 4.30. The number of carbonyl (C=O) groups is 4. The average molecular weight is 530 g/mol. The van der Waals surface area contributed by atoms with Crippen LogP contribution in [0.5, 0.6) is 0 Å². The number of carbonyl (C=O) groups excluding carboxylic acids is 4. The Morgan fingerprint density at radius 1 is 1.08 bits per heavy atom. The first-order valence-corrected chi connectivity index (χ1v) is 12.3. The normalized spacial score (nSPS) is 18.0. The van der Waals surface area contributed by atoms with Crippen molar-refractivity contribution in [2.24, 2.45) is 11.1 Å². The van der Waals surface area contributed by atoms with E-state index in [1.165, 1.54) is 4.90 Å². The predicted octanol–water partition coefficient (Wildman–Crippen LogP) is 2.70. The quantitative estimate of drug-likeness (QED) is 0.418. The van der Waals surface area contributed by atoms with E-state index in [-0.39, 0.29) is 42.8 Å². The SMILES string of the molecule is CC(C)(C)CC(=O)N1CC(NC(=O)Nc2ccc(F)cc2F)CC1C(=O)NC(Cc1ccccc1)C(N)=O. The van der Waals surface area contributed by atoms with Crippen LogP contribution in [0.25, 0.3) is 0 Å². The topological polar surface area (TPSA) is 134 Å². The van der Waals surface area contributed by atoms with Crippen LogP contribution in [-0.4, -0.2) is 53.3 Å². The Hall–Kier alpha value is -4.02. The summed E-state index contributed by atoms with van der Waals surface area (Å²) in [6.07, 6.45) is 0.398. The summed E-state index contributed by atoms with van der Waals surface area (Å²) in [4.78, 5) is 52.4. The fourth-order valence-corrected chi connectivity index (χ4v) is 4.30. The minimum absolute atomic E-state index is 0.0340. The second-order valence-corrected chi connectivity index (χ2v) is 10.6. The highest BCUT2D eigenvalue weighted by Crippen LogP contribution is 2.26. The summed E-state index contributed by atoms with van der Waals surface area (Å²) in [5.74, 6) is -3.30. The number of hydrogen-bond donors (Lipinski definition) is 4. The molecule has 38 heavy (non-hydrogen) atoms. The number of urea groups is 1. The van der Waals surface area contributed by atoms with Crippen molar-refractivity contribution >= 4 is 29.4 Å². The molecule has 1 aliphatic rings. The summed E-state index contributed by atoms with van der Waals surface area (Å²) in [6.45, 7) is 5.70. The summed E-state index contributed by atoms with van der Waals surface area (Å²) < 4.78 is 27.1. The van der Waals surface area contributed by atoms with Gasteiger partial charge in [-0.2, -0.15) is 0 Å². The molecule has 0 spiro atoms. The Labute approximate surface area is 220 Å². The number of amides is 5. The van der Waals surface area contributed by atoms with Crippen LogP contribution in [0.2, 0.25) is 0 Å². The molecule has 1 fully saturated rings. The molecular formula is C27H33F2N5O4. The molecule has 204 valence electrons. The van der Waals surface area contributed by atoms with Gasteiger partial charge in [-0.3, -0.25) is 14.4 Å². The Bertz CT molecular complexity index is 1190. The van der Waals surface area contributed by atoms with Gasteiger partial charge in [0.25, 0.3) is 0 Å². The molecular weight excluding hydrogens is 496 g/mol. The molecule has 9 nitrogen and oxygen atoms in total. The molecule has 5 amide bonds. The Balaban J connectivity index is 1.73. The fraction of sp³-hybridized carbons (Fsp3) is 0.407. The molecule has 0 aromatic heterocycles. The molecule has 0 radical (unpaired) electrons. The van der Waals surface area contributed by atoms with E-state index in [1.54, 1.807) is 24.3 Å². The molecule has 3 rings (SSSR count). The van der Waals surface area contributed by atoms with Crippen LogP contribution in [-0.2, 0) is 20.8 Å². The number of anilines is 1. The maximum atomic E-state index is 13.9. The van der Waals surface area contributed by atoms with Gasteiger partial charge in [0, 0.05) is 25.5 Å². The molecule has 0 aliphatic carbocycles. The molecule has 11 heteroatoms. The van der Waals surface area contributed by atoms with Crippen molar-refractivity contribution in [1.82, 2.24) is 15.5 Å². The first-order valence-electron chi connectivity index (χ1n) is 12.3. The largest absolute Gasteiger partial charge is 0.368 e. The van der Waals surface area contributed by atoms with E-state index in [0.29, 0.717) is 6.07 Å². The van der Waals surface area contributed by atoms with Gasteiger partial charge in [-0.1, -0.05) is 51.1 Å². The highest BCUT2D eigenvalue weighted by Gasteiger charge is 2.41. The van der Waals surface area contributed by atoms with Crippen LogP contribution >= 0.6 is 0 Å². The Morgan fingerprint density at radius 2 is 1.76 bits per heavy atom. The van der Waals surface area contributed by atoms with E-state index in [9.17, 15) is 28.0 Å². The number of primary amides is 1. The van der Waals surface area contributed by atoms with E-state index in [4.69, 9.17) is 5.73 Å². The standard InChI is InChI=1S/C27H33F2N5O4/c1-27(2,3)14-23(35)34-15-18(31-26(38)33-20-10-9-17(28)12-19(20)29)13-22(34)25(37)32-21(24(30)36)11-16-7-5-4-6-8-16/h4-10,12,18,21-22H,11,13-15H2,1-3H3,(H2,30,36)(H,32,37)(H2,31,33,38). The van der Waals surface area contributed by atoms with E-state index in [1.807, 2.05) is 26.8 Å². The van der Waals surface area contributed by atoms with Crippen LogP contribution in [0.3, 0.4) is 0 Å². The van der Waals surface area contributed by atoms with Gasteiger partial charge < -0.3 is 26.6 Å². The number of halogens is 2. The molecule has 2 aromatic rings. The summed E-state index contributed by atoms with van der Waals surface area (Å²) in [6, 6.07) is 8.40. The molecule has 2 aromatic carbocycles. The highest BCUT2D eigenvalue weighted by molar-refractivity contribution is 5.93. The van der Waals surface area contributed by atoms with Gasteiger partial charge in [0.1, 0.15) is 23.7 Å². The lowest BCUT2D eigenvalue weighted by Gasteiger charge is -2.28. The second kappa shape index (κ2) is 12.0. The first-order chi connectivity index (χ1) is 17.8. The summed E-state index contributed by atoms with van der Waals surface area (Å²) in [5, 5.41) is 7.61. The van der Waals surface area contributed by atoms with Crippen molar-refractivity contribution in [3.05, 3.63) is 65.7 Å². The molecule has 3 unspecified atom stereocenters.